The second kappa shape index (κ2) is 5.85. The molecule has 21 heavy (non-hydrogen) atoms. The SMILES string of the molecule is OC(c1ccc(C2OCCO2)cn1)c1cc(F)ccc1F. The molecule has 1 atom stereocenters. The van der Waals surface area contributed by atoms with Crippen molar-refractivity contribution in [3.63, 3.8) is 0 Å². The molecule has 1 aromatic heterocycles. The molecule has 3 rings (SSSR count). The lowest BCUT2D eigenvalue weighted by Gasteiger charge is -2.13. The summed E-state index contributed by atoms with van der Waals surface area (Å²) in [6.07, 6.45) is -0.305. The van der Waals surface area contributed by atoms with Gasteiger partial charge in [0, 0.05) is 17.3 Å². The first-order valence-corrected chi connectivity index (χ1v) is 6.47. The van der Waals surface area contributed by atoms with Gasteiger partial charge in [-0.05, 0) is 24.3 Å². The van der Waals surface area contributed by atoms with Crippen LogP contribution in [0.4, 0.5) is 8.78 Å². The van der Waals surface area contributed by atoms with Gasteiger partial charge in [0.15, 0.2) is 6.29 Å². The normalized spacial score (nSPS) is 17.1. The van der Waals surface area contributed by atoms with E-state index >= 15 is 0 Å². The summed E-state index contributed by atoms with van der Waals surface area (Å²) in [5.41, 5.74) is 0.785. The Balaban J connectivity index is 1.84. The van der Waals surface area contributed by atoms with Gasteiger partial charge in [0.2, 0.25) is 0 Å². The van der Waals surface area contributed by atoms with Crippen molar-refractivity contribution in [1.29, 1.82) is 0 Å². The minimum absolute atomic E-state index is 0.149. The van der Waals surface area contributed by atoms with E-state index in [1.165, 1.54) is 12.3 Å². The summed E-state index contributed by atoms with van der Waals surface area (Å²) in [7, 11) is 0. The molecule has 4 nitrogen and oxygen atoms in total. The maximum atomic E-state index is 13.6. The van der Waals surface area contributed by atoms with E-state index < -0.39 is 24.0 Å². The van der Waals surface area contributed by atoms with E-state index in [9.17, 15) is 13.9 Å². The fraction of sp³-hybridized carbons (Fsp3) is 0.267. The summed E-state index contributed by atoms with van der Waals surface area (Å²) in [5.74, 6) is -1.30. The van der Waals surface area contributed by atoms with Crippen LogP contribution in [0.3, 0.4) is 0 Å². The van der Waals surface area contributed by atoms with E-state index in [-0.39, 0.29) is 11.3 Å². The van der Waals surface area contributed by atoms with Crippen LogP contribution in [0, 0.1) is 11.6 Å². The second-order valence-corrected chi connectivity index (χ2v) is 4.66. The molecule has 110 valence electrons. The molecule has 1 fully saturated rings. The van der Waals surface area contributed by atoms with Crippen molar-refractivity contribution in [2.24, 2.45) is 0 Å². The lowest BCUT2D eigenvalue weighted by Crippen LogP contribution is -2.07. The van der Waals surface area contributed by atoms with Gasteiger partial charge in [-0.15, -0.1) is 0 Å². The van der Waals surface area contributed by atoms with Crippen molar-refractivity contribution in [2.75, 3.05) is 13.2 Å². The lowest BCUT2D eigenvalue weighted by atomic mass is 10.0. The monoisotopic (exact) mass is 293 g/mol. The van der Waals surface area contributed by atoms with E-state index in [1.54, 1.807) is 6.07 Å². The summed E-state index contributed by atoms with van der Waals surface area (Å²) in [4.78, 5) is 4.07. The highest BCUT2D eigenvalue weighted by atomic mass is 19.1. The van der Waals surface area contributed by atoms with Crippen molar-refractivity contribution >= 4 is 0 Å². The Bertz CT molecular complexity index is 627. The summed E-state index contributed by atoms with van der Waals surface area (Å²) in [6, 6.07) is 6.15. The Kier molecular flexibility index (Phi) is 3.92. The van der Waals surface area contributed by atoms with Gasteiger partial charge < -0.3 is 14.6 Å². The number of aliphatic hydroxyl groups excluding tert-OH is 1. The van der Waals surface area contributed by atoms with E-state index in [4.69, 9.17) is 9.47 Å². The Morgan fingerprint density at radius 2 is 1.90 bits per heavy atom. The lowest BCUT2D eigenvalue weighted by molar-refractivity contribution is -0.0443. The van der Waals surface area contributed by atoms with Crippen LogP contribution >= 0.6 is 0 Å². The number of ether oxygens (including phenoxy) is 2. The second-order valence-electron chi connectivity index (χ2n) is 4.66. The number of aromatic nitrogens is 1. The molecule has 0 aliphatic carbocycles. The topological polar surface area (TPSA) is 51.6 Å². The molecule has 1 aliphatic rings. The van der Waals surface area contributed by atoms with E-state index in [0.717, 1.165) is 18.2 Å². The number of hydrogen-bond acceptors (Lipinski definition) is 4. The third-order valence-electron chi connectivity index (χ3n) is 3.24. The molecular formula is C15H13F2NO3. The number of rotatable bonds is 3. The van der Waals surface area contributed by atoms with Crippen LogP contribution in [-0.4, -0.2) is 23.3 Å². The predicted molar refractivity (Wildman–Crippen MR) is 69.3 cm³/mol. The largest absolute Gasteiger partial charge is 0.382 e. The number of benzene rings is 1. The molecular weight excluding hydrogens is 280 g/mol. The predicted octanol–water partition coefficient (Wildman–Crippen LogP) is 2.49. The van der Waals surface area contributed by atoms with E-state index in [0.29, 0.717) is 18.8 Å². The fourth-order valence-electron chi connectivity index (χ4n) is 2.15. The molecule has 0 spiro atoms. The molecule has 6 heteroatoms. The zero-order valence-electron chi connectivity index (χ0n) is 11.0. The van der Waals surface area contributed by atoms with Gasteiger partial charge in [-0.2, -0.15) is 0 Å². The Morgan fingerprint density at radius 3 is 2.57 bits per heavy atom. The maximum Gasteiger partial charge on any atom is 0.185 e. The van der Waals surface area contributed by atoms with Crippen LogP contribution in [0.1, 0.15) is 29.2 Å². The molecule has 1 N–H and O–H groups in total. The third kappa shape index (κ3) is 2.92. The van der Waals surface area contributed by atoms with Crippen LogP contribution in [0.25, 0.3) is 0 Å². The molecule has 2 heterocycles. The molecule has 1 unspecified atom stereocenters. The molecule has 0 bridgehead atoms. The van der Waals surface area contributed by atoms with Crippen LogP contribution in [-0.2, 0) is 9.47 Å². The van der Waals surface area contributed by atoms with Gasteiger partial charge in [0.25, 0.3) is 0 Å². The summed E-state index contributed by atoms with van der Waals surface area (Å²) < 4.78 is 37.4. The zero-order chi connectivity index (χ0) is 14.8. The van der Waals surface area contributed by atoms with Gasteiger partial charge in [0.05, 0.1) is 18.9 Å². The molecule has 1 saturated heterocycles. The van der Waals surface area contributed by atoms with E-state index in [2.05, 4.69) is 4.98 Å². The smallest absolute Gasteiger partial charge is 0.185 e. The summed E-state index contributed by atoms with van der Waals surface area (Å²) in [5, 5.41) is 10.1. The van der Waals surface area contributed by atoms with Gasteiger partial charge in [-0.25, -0.2) is 8.78 Å². The van der Waals surface area contributed by atoms with Gasteiger partial charge in [0.1, 0.15) is 17.7 Å². The number of aliphatic hydroxyl groups is 1. The molecule has 0 radical (unpaired) electrons. The zero-order valence-corrected chi connectivity index (χ0v) is 11.0. The number of hydrogen-bond donors (Lipinski definition) is 1. The third-order valence-corrected chi connectivity index (χ3v) is 3.24. The highest BCUT2D eigenvalue weighted by molar-refractivity contribution is 5.29. The first-order chi connectivity index (χ1) is 10.1. The van der Waals surface area contributed by atoms with Crippen molar-refractivity contribution in [1.82, 2.24) is 4.98 Å². The fourth-order valence-corrected chi connectivity index (χ4v) is 2.15. The average molecular weight is 293 g/mol. The Morgan fingerprint density at radius 1 is 1.14 bits per heavy atom. The molecule has 2 aromatic rings. The summed E-state index contributed by atoms with van der Waals surface area (Å²) in [6.45, 7) is 1.03. The maximum absolute atomic E-state index is 13.6. The molecule has 0 amide bonds. The van der Waals surface area contributed by atoms with Crippen molar-refractivity contribution in [3.05, 3.63) is 65.0 Å². The standard InChI is InChI=1S/C15H13F2NO3/c16-10-2-3-12(17)11(7-10)14(19)13-4-1-9(8-18-13)15-20-5-6-21-15/h1-4,7-8,14-15,19H,5-6H2. The highest BCUT2D eigenvalue weighted by Gasteiger charge is 2.21. The quantitative estimate of drug-likeness (QED) is 0.944. The minimum Gasteiger partial charge on any atom is -0.382 e. The molecule has 1 aromatic carbocycles. The molecule has 0 saturated carbocycles. The van der Waals surface area contributed by atoms with Gasteiger partial charge >= 0.3 is 0 Å². The van der Waals surface area contributed by atoms with Crippen molar-refractivity contribution in [2.45, 2.75) is 12.4 Å². The average Bonchev–Trinajstić information content (AvgIpc) is 3.03. The van der Waals surface area contributed by atoms with Crippen LogP contribution < -0.4 is 0 Å². The first-order valence-electron chi connectivity index (χ1n) is 6.47. The van der Waals surface area contributed by atoms with E-state index in [1.807, 2.05) is 0 Å². The van der Waals surface area contributed by atoms with Gasteiger partial charge in [-0.1, -0.05) is 6.07 Å². The Labute approximate surface area is 120 Å². The minimum atomic E-state index is -1.33. The highest BCUT2D eigenvalue weighted by Crippen LogP contribution is 2.26. The van der Waals surface area contributed by atoms with Crippen molar-refractivity contribution in [3.8, 4) is 0 Å². The summed E-state index contributed by atoms with van der Waals surface area (Å²) >= 11 is 0. The molecule has 1 aliphatic heterocycles. The number of nitrogens with zero attached hydrogens (tertiary/aromatic N) is 1. The van der Waals surface area contributed by atoms with Gasteiger partial charge in [-0.3, -0.25) is 4.98 Å². The number of pyridine rings is 1. The van der Waals surface area contributed by atoms with Crippen LogP contribution in [0.5, 0.6) is 0 Å². The number of halogens is 2. The van der Waals surface area contributed by atoms with Crippen LogP contribution in [0.15, 0.2) is 36.5 Å². The first kappa shape index (κ1) is 14.1. The Hall–Kier alpha value is -1.89. The van der Waals surface area contributed by atoms with Crippen molar-refractivity contribution < 1.29 is 23.4 Å². The van der Waals surface area contributed by atoms with Crippen LogP contribution in [0.2, 0.25) is 0 Å².